The number of carbonyl (C=O) groups excluding carboxylic acids is 1. The van der Waals surface area contributed by atoms with E-state index in [9.17, 15) is 13.6 Å². The van der Waals surface area contributed by atoms with E-state index in [1.165, 1.54) is 12.1 Å². The number of rotatable bonds is 2. The molecule has 2 aromatic heterocycles. The molecule has 32 heavy (non-hydrogen) atoms. The summed E-state index contributed by atoms with van der Waals surface area (Å²) in [5.74, 6) is -0.105. The van der Waals surface area contributed by atoms with Gasteiger partial charge in [-0.3, -0.25) is 9.80 Å². The SMILES string of the molecule is O=C1N2[C@H](c3cc(F)cc(F)c3)CCN2CC12CCN(c1ccc(Br)c3ccnn13)CC2. The number of benzene rings is 1. The number of hydrazine groups is 1. The van der Waals surface area contributed by atoms with E-state index in [2.05, 4.69) is 37.0 Å². The molecule has 1 amide bonds. The highest BCUT2D eigenvalue weighted by atomic mass is 79.9. The lowest BCUT2D eigenvalue weighted by atomic mass is 9.77. The monoisotopic (exact) mass is 501 g/mol. The molecule has 9 heteroatoms. The molecule has 3 aliphatic rings. The number of hydrogen-bond donors (Lipinski definition) is 0. The molecule has 1 spiro atoms. The van der Waals surface area contributed by atoms with Crippen LogP contribution in [0.3, 0.4) is 0 Å². The van der Waals surface area contributed by atoms with Gasteiger partial charge < -0.3 is 4.90 Å². The molecular formula is C23H22BrF2N5O. The summed E-state index contributed by atoms with van der Waals surface area (Å²) < 4.78 is 30.5. The van der Waals surface area contributed by atoms with Gasteiger partial charge in [0.05, 0.1) is 23.2 Å². The Balaban J connectivity index is 1.24. The van der Waals surface area contributed by atoms with Crippen molar-refractivity contribution in [2.24, 2.45) is 5.41 Å². The number of nitrogens with zero attached hydrogens (tertiary/aromatic N) is 5. The summed E-state index contributed by atoms with van der Waals surface area (Å²) in [4.78, 5) is 15.9. The molecule has 0 aliphatic carbocycles. The summed E-state index contributed by atoms with van der Waals surface area (Å²) >= 11 is 3.57. The summed E-state index contributed by atoms with van der Waals surface area (Å²) in [5, 5.41) is 8.32. The highest BCUT2D eigenvalue weighted by Gasteiger charge is 2.56. The van der Waals surface area contributed by atoms with E-state index in [4.69, 9.17) is 0 Å². The summed E-state index contributed by atoms with van der Waals surface area (Å²) in [6.45, 7) is 2.90. The average Bonchev–Trinajstić information content (AvgIpc) is 3.46. The largest absolute Gasteiger partial charge is 0.356 e. The van der Waals surface area contributed by atoms with Gasteiger partial charge in [-0.15, -0.1) is 0 Å². The van der Waals surface area contributed by atoms with Crippen LogP contribution in [0, 0.1) is 17.0 Å². The number of hydrogen-bond acceptors (Lipinski definition) is 4. The number of pyridine rings is 1. The number of piperidine rings is 1. The zero-order chi connectivity index (χ0) is 22.0. The molecule has 3 aliphatic heterocycles. The molecule has 3 aromatic rings. The molecule has 1 aromatic carbocycles. The van der Waals surface area contributed by atoms with E-state index in [1.54, 1.807) is 11.2 Å². The number of amides is 1. The number of anilines is 1. The molecule has 6 rings (SSSR count). The lowest BCUT2D eigenvalue weighted by Crippen LogP contribution is -2.46. The molecule has 3 saturated heterocycles. The van der Waals surface area contributed by atoms with Crippen LogP contribution in [0.5, 0.6) is 0 Å². The molecule has 0 radical (unpaired) electrons. The Morgan fingerprint density at radius 3 is 2.53 bits per heavy atom. The van der Waals surface area contributed by atoms with Crippen LogP contribution in [0.4, 0.5) is 14.6 Å². The van der Waals surface area contributed by atoms with Crippen molar-refractivity contribution in [3.8, 4) is 0 Å². The van der Waals surface area contributed by atoms with Crippen LogP contribution in [-0.4, -0.2) is 51.7 Å². The minimum Gasteiger partial charge on any atom is -0.356 e. The summed E-state index contributed by atoms with van der Waals surface area (Å²) in [6.07, 6.45) is 3.95. The van der Waals surface area contributed by atoms with Crippen molar-refractivity contribution in [3.05, 3.63) is 64.3 Å². The fraction of sp³-hybridized carbons (Fsp3) is 0.391. The topological polar surface area (TPSA) is 44.1 Å². The second-order valence-electron chi connectivity index (χ2n) is 8.98. The third-order valence-corrected chi connectivity index (χ3v) is 7.88. The Kier molecular flexibility index (Phi) is 4.55. The van der Waals surface area contributed by atoms with Crippen molar-refractivity contribution in [2.45, 2.75) is 25.3 Å². The third-order valence-electron chi connectivity index (χ3n) is 7.20. The predicted octanol–water partition coefficient (Wildman–Crippen LogP) is 4.17. The molecule has 1 atom stereocenters. The number of fused-ring (bicyclic) bond motifs is 2. The van der Waals surface area contributed by atoms with Crippen LogP contribution < -0.4 is 4.90 Å². The van der Waals surface area contributed by atoms with Gasteiger partial charge in [0.15, 0.2) is 0 Å². The fourth-order valence-electron chi connectivity index (χ4n) is 5.60. The average molecular weight is 502 g/mol. The van der Waals surface area contributed by atoms with E-state index < -0.39 is 17.0 Å². The van der Waals surface area contributed by atoms with Crippen LogP contribution >= 0.6 is 15.9 Å². The van der Waals surface area contributed by atoms with Gasteiger partial charge in [-0.25, -0.2) is 18.3 Å². The standard InChI is InChI=1S/C23H22BrF2N5O/c24-18-1-2-21(30-20(18)3-7-27-30)28-9-5-23(6-10-28)14-29-8-4-19(31(29)22(23)32)15-11-16(25)13-17(26)12-15/h1-3,7,11-13,19H,4-6,8-10,14H2/t19-/m0/s1. The number of carbonyl (C=O) groups is 1. The molecule has 0 bridgehead atoms. The summed E-state index contributed by atoms with van der Waals surface area (Å²) in [5.41, 5.74) is 1.10. The quantitative estimate of drug-likeness (QED) is 0.528. The van der Waals surface area contributed by atoms with Crippen molar-refractivity contribution in [1.29, 1.82) is 0 Å². The number of halogens is 3. The van der Waals surface area contributed by atoms with Gasteiger partial charge in [0.25, 0.3) is 0 Å². The number of aromatic nitrogens is 2. The molecule has 0 saturated carbocycles. The van der Waals surface area contributed by atoms with E-state index in [0.29, 0.717) is 18.5 Å². The minimum absolute atomic E-state index is 0.0874. The van der Waals surface area contributed by atoms with Crippen molar-refractivity contribution in [1.82, 2.24) is 19.6 Å². The van der Waals surface area contributed by atoms with E-state index >= 15 is 0 Å². The van der Waals surface area contributed by atoms with E-state index in [1.807, 2.05) is 16.6 Å². The first-order chi connectivity index (χ1) is 15.4. The highest BCUT2D eigenvalue weighted by Crippen LogP contribution is 2.47. The van der Waals surface area contributed by atoms with E-state index in [0.717, 1.165) is 54.3 Å². The lowest BCUT2D eigenvalue weighted by molar-refractivity contribution is -0.143. The van der Waals surface area contributed by atoms with Gasteiger partial charge in [0, 0.05) is 36.7 Å². The van der Waals surface area contributed by atoms with Crippen LogP contribution in [0.25, 0.3) is 5.52 Å². The first-order valence-corrected chi connectivity index (χ1v) is 11.7. The van der Waals surface area contributed by atoms with Gasteiger partial charge in [-0.2, -0.15) is 5.10 Å². The Bertz CT molecular complexity index is 1200. The zero-order valence-electron chi connectivity index (χ0n) is 17.3. The van der Waals surface area contributed by atoms with Crippen LogP contribution in [0.1, 0.15) is 30.9 Å². The summed E-state index contributed by atoms with van der Waals surface area (Å²) in [6, 6.07) is 9.31. The third kappa shape index (κ3) is 2.97. The van der Waals surface area contributed by atoms with E-state index in [-0.39, 0.29) is 11.9 Å². The Hall–Kier alpha value is -2.52. The minimum atomic E-state index is -0.604. The Labute approximate surface area is 192 Å². The first kappa shape index (κ1) is 20.1. The van der Waals surface area contributed by atoms with Crippen LogP contribution in [-0.2, 0) is 4.79 Å². The highest BCUT2D eigenvalue weighted by molar-refractivity contribution is 9.10. The normalized spacial score (nSPS) is 23.0. The van der Waals surface area contributed by atoms with Crippen molar-refractivity contribution in [3.63, 3.8) is 0 Å². The van der Waals surface area contributed by atoms with Crippen LogP contribution in [0.15, 0.2) is 47.1 Å². The first-order valence-electron chi connectivity index (χ1n) is 10.9. The molecular weight excluding hydrogens is 480 g/mol. The second-order valence-corrected chi connectivity index (χ2v) is 9.83. The molecule has 3 fully saturated rings. The Morgan fingerprint density at radius 1 is 1.03 bits per heavy atom. The van der Waals surface area contributed by atoms with Gasteiger partial charge in [-0.05, 0) is 71.1 Å². The molecule has 0 unspecified atom stereocenters. The molecule has 166 valence electrons. The zero-order valence-corrected chi connectivity index (χ0v) is 18.9. The smallest absolute Gasteiger partial charge is 0.245 e. The fourth-order valence-corrected chi connectivity index (χ4v) is 6.04. The second kappa shape index (κ2) is 7.25. The van der Waals surface area contributed by atoms with Gasteiger partial charge in [-0.1, -0.05) is 0 Å². The Morgan fingerprint density at radius 2 is 1.78 bits per heavy atom. The summed E-state index contributed by atoms with van der Waals surface area (Å²) in [7, 11) is 0. The molecule has 5 heterocycles. The maximum Gasteiger partial charge on any atom is 0.245 e. The maximum absolute atomic E-state index is 13.8. The molecule has 0 N–H and O–H groups in total. The van der Waals surface area contributed by atoms with Gasteiger partial charge in [0.2, 0.25) is 5.91 Å². The van der Waals surface area contributed by atoms with Crippen LogP contribution in [0.2, 0.25) is 0 Å². The van der Waals surface area contributed by atoms with Gasteiger partial charge in [0.1, 0.15) is 17.5 Å². The van der Waals surface area contributed by atoms with Crippen molar-refractivity contribution < 1.29 is 13.6 Å². The lowest BCUT2D eigenvalue weighted by Gasteiger charge is -2.39. The maximum atomic E-state index is 13.8. The van der Waals surface area contributed by atoms with Crippen molar-refractivity contribution in [2.75, 3.05) is 31.1 Å². The van der Waals surface area contributed by atoms with Crippen molar-refractivity contribution >= 4 is 33.2 Å². The van der Waals surface area contributed by atoms with Gasteiger partial charge >= 0.3 is 0 Å². The predicted molar refractivity (Wildman–Crippen MR) is 119 cm³/mol. The molecule has 6 nitrogen and oxygen atoms in total.